The molecule has 36 heavy (non-hydrogen) atoms. The summed E-state index contributed by atoms with van der Waals surface area (Å²) in [5.74, 6) is 0.371. The number of anilines is 1. The normalized spacial score (nSPS) is 12.8. The summed E-state index contributed by atoms with van der Waals surface area (Å²) in [6.45, 7) is 1.34. The summed E-state index contributed by atoms with van der Waals surface area (Å²) in [7, 11) is -3.04. The minimum Gasteiger partial charge on any atom is -0.445 e. The number of alkyl halides is 3. The van der Waals surface area contributed by atoms with Crippen molar-refractivity contribution in [1.29, 1.82) is 0 Å². The van der Waals surface area contributed by atoms with Crippen LogP contribution in [-0.4, -0.2) is 29.7 Å². The fourth-order valence-corrected chi connectivity index (χ4v) is 4.07. The fraction of sp³-hybridized carbons (Fsp3) is 0.240. The van der Waals surface area contributed by atoms with Crippen LogP contribution in [0.25, 0.3) is 12.2 Å². The Hall–Kier alpha value is -3.73. The second-order valence-corrected chi connectivity index (χ2v) is 9.44. The maximum Gasteiger partial charge on any atom is 0.475 e. The van der Waals surface area contributed by atoms with E-state index in [2.05, 4.69) is 32.7 Å². The van der Waals surface area contributed by atoms with Crippen LogP contribution in [0.2, 0.25) is 0 Å². The number of hydrogen-bond donors (Lipinski definition) is 1. The summed E-state index contributed by atoms with van der Waals surface area (Å²) in [5.41, 5.74) is -1.19. The molecule has 0 saturated carbocycles. The van der Waals surface area contributed by atoms with Crippen molar-refractivity contribution in [3.8, 4) is 0 Å². The molecule has 2 aromatic heterocycles. The van der Waals surface area contributed by atoms with Gasteiger partial charge in [-0.1, -0.05) is 29.5 Å². The van der Waals surface area contributed by atoms with Crippen molar-refractivity contribution in [2.45, 2.75) is 42.8 Å². The molecule has 1 unspecified atom stereocenters. The van der Waals surface area contributed by atoms with Gasteiger partial charge in [0.25, 0.3) is 0 Å². The average molecular weight is 516 g/mol. The predicted octanol–water partition coefficient (Wildman–Crippen LogP) is 5.70. The van der Waals surface area contributed by atoms with Crippen molar-refractivity contribution in [3.63, 3.8) is 0 Å². The molecule has 0 aliphatic carbocycles. The molecule has 188 valence electrons. The lowest BCUT2D eigenvalue weighted by Gasteiger charge is -2.06. The van der Waals surface area contributed by atoms with Crippen LogP contribution in [-0.2, 0) is 30.3 Å². The smallest absolute Gasteiger partial charge is 0.445 e. The Bertz CT molecular complexity index is 1280. The Labute approximate surface area is 208 Å². The SMILES string of the molecule is O=S(c1ccc(C=Cc2nc(CNc3ccc(CCCCn4ccnn4)cc3)co2)cc1)C(F)(F)F. The molecule has 7 nitrogen and oxygen atoms in total. The fourth-order valence-electron chi connectivity index (χ4n) is 3.42. The molecule has 0 amide bonds. The molecule has 2 heterocycles. The van der Waals surface area contributed by atoms with Gasteiger partial charge >= 0.3 is 5.51 Å². The number of nitrogens with one attached hydrogen (secondary N) is 1. The minimum atomic E-state index is -4.78. The van der Waals surface area contributed by atoms with E-state index in [1.165, 1.54) is 29.8 Å². The van der Waals surface area contributed by atoms with Crippen LogP contribution in [0.15, 0.2) is 76.5 Å². The van der Waals surface area contributed by atoms with E-state index >= 15 is 0 Å². The Morgan fingerprint density at radius 3 is 2.50 bits per heavy atom. The summed E-state index contributed by atoms with van der Waals surface area (Å²) < 4.78 is 56.3. The van der Waals surface area contributed by atoms with Crippen LogP contribution >= 0.6 is 0 Å². The van der Waals surface area contributed by atoms with Gasteiger partial charge in [0.05, 0.1) is 18.4 Å². The molecular formula is C25H24F3N5O2S. The maximum atomic E-state index is 12.5. The highest BCUT2D eigenvalue weighted by molar-refractivity contribution is 7.86. The molecule has 0 spiro atoms. The van der Waals surface area contributed by atoms with E-state index in [1.54, 1.807) is 24.6 Å². The van der Waals surface area contributed by atoms with Gasteiger partial charge in [-0.2, -0.15) is 13.2 Å². The first-order chi connectivity index (χ1) is 17.4. The Kier molecular flexibility index (Phi) is 8.32. The number of unbranched alkanes of at least 4 members (excludes halogenated alkanes) is 1. The molecule has 1 atom stereocenters. The van der Waals surface area contributed by atoms with E-state index in [4.69, 9.17) is 4.42 Å². The van der Waals surface area contributed by atoms with Crippen LogP contribution in [0.1, 0.15) is 35.6 Å². The topological polar surface area (TPSA) is 85.8 Å². The first kappa shape index (κ1) is 25.4. The average Bonchev–Trinajstić information content (AvgIpc) is 3.56. The van der Waals surface area contributed by atoms with Gasteiger partial charge in [0.1, 0.15) is 6.26 Å². The number of oxazole rings is 1. The number of nitrogens with zero attached hydrogens (tertiary/aromatic N) is 4. The Morgan fingerprint density at radius 2 is 1.81 bits per heavy atom. The summed E-state index contributed by atoms with van der Waals surface area (Å²) in [4.78, 5) is 4.09. The van der Waals surface area contributed by atoms with Crippen molar-refractivity contribution >= 4 is 28.6 Å². The maximum absolute atomic E-state index is 12.5. The van der Waals surface area contributed by atoms with Crippen molar-refractivity contribution in [3.05, 3.63) is 89.9 Å². The molecular weight excluding hydrogens is 491 g/mol. The first-order valence-electron chi connectivity index (χ1n) is 11.2. The van der Waals surface area contributed by atoms with Crippen LogP contribution in [0.4, 0.5) is 18.9 Å². The Morgan fingerprint density at radius 1 is 1.03 bits per heavy atom. The predicted molar refractivity (Wildman–Crippen MR) is 131 cm³/mol. The second-order valence-electron chi connectivity index (χ2n) is 7.97. The van der Waals surface area contributed by atoms with Gasteiger partial charge < -0.3 is 9.73 Å². The number of rotatable bonds is 11. The van der Waals surface area contributed by atoms with Gasteiger partial charge in [-0.3, -0.25) is 4.68 Å². The van der Waals surface area contributed by atoms with E-state index in [-0.39, 0.29) is 4.90 Å². The molecule has 4 rings (SSSR count). The zero-order valence-corrected chi connectivity index (χ0v) is 20.0. The standard InChI is InChI=1S/C25H24F3N5O2S/c26-25(27,28)36(34)23-11-6-20(7-12-23)8-13-24-31-22(18-35-24)17-29-21-9-4-19(5-10-21)3-1-2-15-33-16-14-30-32-33/h4-14,16,18,29H,1-3,15,17H2. The second kappa shape index (κ2) is 11.8. The molecule has 0 aliphatic rings. The molecule has 0 aliphatic heterocycles. The summed E-state index contributed by atoms with van der Waals surface area (Å²) in [6, 6.07) is 13.6. The van der Waals surface area contributed by atoms with Gasteiger partial charge in [0.2, 0.25) is 5.89 Å². The van der Waals surface area contributed by atoms with Gasteiger partial charge in [-0.15, -0.1) is 5.10 Å². The van der Waals surface area contributed by atoms with Crippen molar-refractivity contribution in [2.75, 3.05) is 5.32 Å². The summed E-state index contributed by atoms with van der Waals surface area (Å²) >= 11 is 0. The third kappa shape index (κ3) is 7.38. The quantitative estimate of drug-likeness (QED) is 0.258. The van der Waals surface area contributed by atoms with E-state index < -0.39 is 16.3 Å². The third-order valence-electron chi connectivity index (χ3n) is 5.29. The molecule has 2 aromatic carbocycles. The van der Waals surface area contributed by atoms with Crippen LogP contribution < -0.4 is 5.32 Å². The number of aryl methyl sites for hydroxylation is 2. The van der Waals surface area contributed by atoms with E-state index in [0.29, 0.717) is 23.7 Å². The Balaban J connectivity index is 1.22. The van der Waals surface area contributed by atoms with Crippen LogP contribution in [0, 0.1) is 0 Å². The number of benzene rings is 2. The van der Waals surface area contributed by atoms with E-state index in [9.17, 15) is 17.4 Å². The largest absolute Gasteiger partial charge is 0.475 e. The number of halogens is 3. The van der Waals surface area contributed by atoms with E-state index in [1.807, 2.05) is 23.0 Å². The van der Waals surface area contributed by atoms with Crippen molar-refractivity contribution < 1.29 is 21.8 Å². The van der Waals surface area contributed by atoms with Gasteiger partial charge in [-0.25, -0.2) is 9.19 Å². The summed E-state index contributed by atoms with van der Waals surface area (Å²) in [6.07, 6.45) is 11.5. The van der Waals surface area contributed by atoms with Gasteiger partial charge in [0, 0.05) is 29.4 Å². The molecule has 1 N–H and O–H groups in total. The lowest BCUT2D eigenvalue weighted by atomic mass is 10.1. The van der Waals surface area contributed by atoms with Gasteiger partial charge in [0.15, 0.2) is 10.8 Å². The molecule has 11 heteroatoms. The zero-order valence-electron chi connectivity index (χ0n) is 19.2. The molecule has 0 radical (unpaired) electrons. The molecule has 0 saturated heterocycles. The van der Waals surface area contributed by atoms with E-state index in [0.717, 1.165) is 31.5 Å². The zero-order chi connectivity index (χ0) is 25.4. The van der Waals surface area contributed by atoms with Crippen LogP contribution in [0.5, 0.6) is 0 Å². The highest BCUT2D eigenvalue weighted by Crippen LogP contribution is 2.26. The van der Waals surface area contributed by atoms with Crippen molar-refractivity contribution in [2.24, 2.45) is 0 Å². The number of hydrogen-bond acceptors (Lipinski definition) is 6. The lowest BCUT2D eigenvalue weighted by molar-refractivity contribution is -0.0384. The van der Waals surface area contributed by atoms with Crippen molar-refractivity contribution in [1.82, 2.24) is 20.0 Å². The monoisotopic (exact) mass is 515 g/mol. The van der Waals surface area contributed by atoms with Gasteiger partial charge in [-0.05, 0) is 60.7 Å². The lowest BCUT2D eigenvalue weighted by Crippen LogP contribution is -2.16. The minimum absolute atomic E-state index is 0.291. The highest BCUT2D eigenvalue weighted by atomic mass is 32.2. The molecule has 4 aromatic rings. The number of aromatic nitrogens is 4. The molecule has 0 bridgehead atoms. The third-order valence-corrected chi connectivity index (χ3v) is 6.42. The summed E-state index contributed by atoms with van der Waals surface area (Å²) in [5, 5.41) is 11.1. The molecule has 0 fully saturated rings. The van der Waals surface area contributed by atoms with Crippen LogP contribution in [0.3, 0.4) is 0 Å². The first-order valence-corrected chi connectivity index (χ1v) is 12.4. The highest BCUT2D eigenvalue weighted by Gasteiger charge is 2.37.